The molecule has 21 heavy (non-hydrogen) atoms. The standard InChI is InChI=1S/C18H32N2O/c1-7-15(5)20(6)13-18(19-8-2)16-9-11-17(12-10-16)21-14(3)4/h9-12,14-15,18-19H,7-8,13H2,1-6H3. The Morgan fingerprint density at radius 3 is 2.19 bits per heavy atom. The van der Waals surface area contributed by atoms with Gasteiger partial charge < -0.3 is 15.0 Å². The predicted octanol–water partition coefficient (Wildman–Crippen LogP) is 3.85. The molecule has 1 rings (SSSR count). The molecule has 2 unspecified atom stereocenters. The molecule has 0 aliphatic rings. The zero-order chi connectivity index (χ0) is 15.8. The largest absolute Gasteiger partial charge is 0.491 e. The molecule has 0 aliphatic carbocycles. The van der Waals surface area contributed by atoms with Crippen LogP contribution in [-0.2, 0) is 0 Å². The second-order valence-corrected chi connectivity index (χ2v) is 6.04. The summed E-state index contributed by atoms with van der Waals surface area (Å²) in [6.07, 6.45) is 1.40. The van der Waals surface area contributed by atoms with Gasteiger partial charge in [-0.1, -0.05) is 26.0 Å². The number of hydrogen-bond donors (Lipinski definition) is 1. The molecule has 0 saturated heterocycles. The summed E-state index contributed by atoms with van der Waals surface area (Å²) >= 11 is 0. The molecular weight excluding hydrogens is 260 g/mol. The first kappa shape index (κ1) is 18.0. The first-order valence-corrected chi connectivity index (χ1v) is 8.18. The van der Waals surface area contributed by atoms with Crippen LogP contribution in [0, 0.1) is 0 Å². The van der Waals surface area contributed by atoms with Crippen LogP contribution in [-0.4, -0.2) is 37.2 Å². The fraction of sp³-hybridized carbons (Fsp3) is 0.667. The molecule has 0 amide bonds. The van der Waals surface area contributed by atoms with Crippen LogP contribution in [0.4, 0.5) is 0 Å². The van der Waals surface area contributed by atoms with Crippen molar-refractivity contribution in [2.24, 2.45) is 0 Å². The van der Waals surface area contributed by atoms with Crippen LogP contribution in [0.1, 0.15) is 52.6 Å². The Bertz CT molecular complexity index is 389. The van der Waals surface area contributed by atoms with Crippen molar-refractivity contribution in [3.05, 3.63) is 29.8 Å². The summed E-state index contributed by atoms with van der Waals surface area (Å²) < 4.78 is 5.71. The van der Waals surface area contributed by atoms with Crippen LogP contribution in [0.3, 0.4) is 0 Å². The first-order chi connectivity index (χ1) is 9.97. The van der Waals surface area contributed by atoms with Gasteiger partial charge in [-0.2, -0.15) is 0 Å². The van der Waals surface area contributed by atoms with Crippen molar-refractivity contribution >= 4 is 0 Å². The Labute approximate surface area is 130 Å². The highest BCUT2D eigenvalue weighted by Gasteiger charge is 2.16. The van der Waals surface area contributed by atoms with Crippen molar-refractivity contribution in [1.82, 2.24) is 10.2 Å². The third-order valence-corrected chi connectivity index (χ3v) is 3.92. The number of hydrogen-bond acceptors (Lipinski definition) is 3. The van der Waals surface area contributed by atoms with Crippen LogP contribution in [0.2, 0.25) is 0 Å². The minimum Gasteiger partial charge on any atom is -0.491 e. The lowest BCUT2D eigenvalue weighted by atomic mass is 10.1. The Morgan fingerprint density at radius 2 is 1.71 bits per heavy atom. The minimum atomic E-state index is 0.219. The SMILES string of the molecule is CCNC(CN(C)C(C)CC)c1ccc(OC(C)C)cc1. The Balaban J connectivity index is 2.75. The predicted molar refractivity (Wildman–Crippen MR) is 91.0 cm³/mol. The molecule has 0 fully saturated rings. The van der Waals surface area contributed by atoms with Gasteiger partial charge >= 0.3 is 0 Å². The topological polar surface area (TPSA) is 24.5 Å². The molecular formula is C18H32N2O. The van der Waals surface area contributed by atoms with Crippen molar-refractivity contribution in [2.45, 2.75) is 59.2 Å². The van der Waals surface area contributed by atoms with E-state index in [1.165, 1.54) is 12.0 Å². The van der Waals surface area contributed by atoms with E-state index in [2.05, 4.69) is 76.1 Å². The third kappa shape index (κ3) is 6.06. The number of benzene rings is 1. The minimum absolute atomic E-state index is 0.219. The molecule has 0 saturated carbocycles. The maximum absolute atomic E-state index is 5.71. The molecule has 2 atom stereocenters. The van der Waals surface area contributed by atoms with E-state index in [-0.39, 0.29) is 6.10 Å². The van der Waals surface area contributed by atoms with Gasteiger partial charge in [0.15, 0.2) is 0 Å². The van der Waals surface area contributed by atoms with Gasteiger partial charge in [0.25, 0.3) is 0 Å². The van der Waals surface area contributed by atoms with Gasteiger partial charge in [0.1, 0.15) is 5.75 Å². The van der Waals surface area contributed by atoms with E-state index in [9.17, 15) is 0 Å². The summed E-state index contributed by atoms with van der Waals surface area (Å²) in [7, 11) is 2.20. The summed E-state index contributed by atoms with van der Waals surface area (Å²) in [6, 6.07) is 9.47. The Hall–Kier alpha value is -1.06. The smallest absolute Gasteiger partial charge is 0.119 e. The van der Waals surface area contributed by atoms with Crippen molar-refractivity contribution in [3.8, 4) is 5.75 Å². The van der Waals surface area contributed by atoms with Crippen LogP contribution in [0.25, 0.3) is 0 Å². The van der Waals surface area contributed by atoms with Crippen LogP contribution >= 0.6 is 0 Å². The van der Waals surface area contributed by atoms with Crippen LogP contribution < -0.4 is 10.1 Å². The average Bonchev–Trinajstić information content (AvgIpc) is 2.46. The number of nitrogens with one attached hydrogen (secondary N) is 1. The van der Waals surface area contributed by atoms with Crippen LogP contribution in [0.5, 0.6) is 5.75 Å². The highest BCUT2D eigenvalue weighted by molar-refractivity contribution is 5.29. The number of nitrogens with zero attached hydrogens (tertiary/aromatic N) is 1. The van der Waals surface area contributed by atoms with E-state index in [1.807, 2.05) is 0 Å². The van der Waals surface area contributed by atoms with Gasteiger partial charge in [0, 0.05) is 18.6 Å². The Kier molecular flexibility index (Phi) is 7.76. The Morgan fingerprint density at radius 1 is 1.10 bits per heavy atom. The molecule has 0 bridgehead atoms. The zero-order valence-corrected chi connectivity index (χ0v) is 14.5. The fourth-order valence-electron chi connectivity index (χ4n) is 2.36. The van der Waals surface area contributed by atoms with E-state index in [1.54, 1.807) is 0 Å². The van der Waals surface area contributed by atoms with E-state index in [0.29, 0.717) is 12.1 Å². The van der Waals surface area contributed by atoms with Gasteiger partial charge in [-0.05, 0) is 58.5 Å². The normalized spacial score (nSPS) is 14.5. The van der Waals surface area contributed by atoms with Crippen molar-refractivity contribution < 1.29 is 4.74 Å². The van der Waals surface area contributed by atoms with E-state index >= 15 is 0 Å². The quantitative estimate of drug-likeness (QED) is 0.748. The highest BCUT2D eigenvalue weighted by atomic mass is 16.5. The molecule has 0 heterocycles. The molecule has 120 valence electrons. The molecule has 0 radical (unpaired) electrons. The zero-order valence-electron chi connectivity index (χ0n) is 14.5. The lowest BCUT2D eigenvalue weighted by Crippen LogP contribution is -2.37. The maximum Gasteiger partial charge on any atom is 0.119 e. The van der Waals surface area contributed by atoms with Crippen LogP contribution in [0.15, 0.2) is 24.3 Å². The molecule has 0 aromatic heterocycles. The summed E-state index contributed by atoms with van der Waals surface area (Å²) in [5, 5.41) is 3.59. The van der Waals surface area contributed by atoms with Gasteiger partial charge in [-0.25, -0.2) is 0 Å². The van der Waals surface area contributed by atoms with Gasteiger partial charge in [0.05, 0.1) is 6.10 Å². The molecule has 0 spiro atoms. The van der Waals surface area contributed by atoms with E-state index in [4.69, 9.17) is 4.74 Å². The van der Waals surface area contributed by atoms with Crippen molar-refractivity contribution in [3.63, 3.8) is 0 Å². The summed E-state index contributed by atoms with van der Waals surface area (Å²) in [5.41, 5.74) is 1.32. The van der Waals surface area contributed by atoms with E-state index in [0.717, 1.165) is 18.8 Å². The molecule has 0 aliphatic heterocycles. The number of ether oxygens (including phenoxy) is 1. The molecule has 1 aromatic rings. The molecule has 3 heteroatoms. The first-order valence-electron chi connectivity index (χ1n) is 8.18. The summed E-state index contributed by atoms with van der Waals surface area (Å²) in [4.78, 5) is 2.42. The molecule has 1 aromatic carbocycles. The fourth-order valence-corrected chi connectivity index (χ4v) is 2.36. The summed E-state index contributed by atoms with van der Waals surface area (Å²) in [5.74, 6) is 0.944. The lowest BCUT2D eigenvalue weighted by molar-refractivity contribution is 0.225. The molecule has 3 nitrogen and oxygen atoms in total. The second kappa shape index (κ2) is 9.06. The molecule has 1 N–H and O–H groups in total. The number of likely N-dealkylation sites (N-methyl/N-ethyl adjacent to an activating group) is 2. The monoisotopic (exact) mass is 292 g/mol. The summed E-state index contributed by atoms with van der Waals surface area (Å²) in [6.45, 7) is 12.8. The maximum atomic E-state index is 5.71. The number of rotatable bonds is 9. The lowest BCUT2D eigenvalue weighted by Gasteiger charge is -2.29. The third-order valence-electron chi connectivity index (χ3n) is 3.92. The second-order valence-electron chi connectivity index (χ2n) is 6.04. The van der Waals surface area contributed by atoms with Gasteiger partial charge in [-0.3, -0.25) is 0 Å². The van der Waals surface area contributed by atoms with Gasteiger partial charge in [0.2, 0.25) is 0 Å². The van der Waals surface area contributed by atoms with E-state index < -0.39 is 0 Å². The average molecular weight is 292 g/mol. The van der Waals surface area contributed by atoms with Gasteiger partial charge in [-0.15, -0.1) is 0 Å². The highest BCUT2D eigenvalue weighted by Crippen LogP contribution is 2.20. The van der Waals surface area contributed by atoms with Crippen molar-refractivity contribution in [2.75, 3.05) is 20.1 Å². The van der Waals surface area contributed by atoms with Crippen molar-refractivity contribution in [1.29, 1.82) is 0 Å².